The fraction of sp³-hybridized carbons (Fsp3) is 0.625. The quantitative estimate of drug-likeness (QED) is 0.551. The molecule has 0 spiro atoms. The number of carbonyl (C=O) groups is 3. The monoisotopic (exact) mass is 200 g/mol. The Morgan fingerprint density at radius 1 is 1.64 bits per heavy atom. The third kappa shape index (κ3) is 2.21. The van der Waals surface area contributed by atoms with Gasteiger partial charge in [0.05, 0.1) is 20.1 Å². The van der Waals surface area contributed by atoms with Gasteiger partial charge >= 0.3 is 5.97 Å². The SMILES string of the molecule is COC(=O)C[C@H]1NC(=O)CN(C)C1=O. The topological polar surface area (TPSA) is 75.7 Å². The van der Waals surface area contributed by atoms with Gasteiger partial charge in [-0.05, 0) is 0 Å². The third-order valence-corrected chi connectivity index (χ3v) is 1.99. The molecule has 1 heterocycles. The van der Waals surface area contributed by atoms with Gasteiger partial charge in [-0.25, -0.2) is 0 Å². The molecular weight excluding hydrogens is 188 g/mol. The number of nitrogens with one attached hydrogen (secondary N) is 1. The Bertz CT molecular complexity index is 277. The summed E-state index contributed by atoms with van der Waals surface area (Å²) in [4.78, 5) is 34.6. The summed E-state index contributed by atoms with van der Waals surface area (Å²) in [6.45, 7) is 0.0382. The number of methoxy groups -OCH3 is 1. The van der Waals surface area contributed by atoms with E-state index in [1.807, 2.05) is 0 Å². The van der Waals surface area contributed by atoms with Gasteiger partial charge < -0.3 is 15.0 Å². The van der Waals surface area contributed by atoms with Crippen molar-refractivity contribution >= 4 is 17.8 Å². The molecule has 0 aromatic heterocycles. The molecule has 1 rings (SSSR count). The summed E-state index contributed by atoms with van der Waals surface area (Å²) in [6.07, 6.45) is -0.120. The van der Waals surface area contributed by atoms with Crippen molar-refractivity contribution in [3.05, 3.63) is 0 Å². The zero-order valence-electron chi connectivity index (χ0n) is 8.07. The van der Waals surface area contributed by atoms with Crippen molar-refractivity contribution in [3.63, 3.8) is 0 Å². The molecule has 1 aliphatic rings. The Morgan fingerprint density at radius 2 is 2.29 bits per heavy atom. The van der Waals surface area contributed by atoms with Crippen LogP contribution >= 0.6 is 0 Å². The molecule has 6 heteroatoms. The first kappa shape index (κ1) is 10.5. The molecule has 1 aliphatic heterocycles. The van der Waals surface area contributed by atoms with Gasteiger partial charge in [0, 0.05) is 7.05 Å². The highest BCUT2D eigenvalue weighted by Gasteiger charge is 2.32. The van der Waals surface area contributed by atoms with E-state index in [2.05, 4.69) is 10.1 Å². The first-order valence-corrected chi connectivity index (χ1v) is 4.15. The molecule has 1 N–H and O–H groups in total. The van der Waals surface area contributed by atoms with Crippen LogP contribution in [0.1, 0.15) is 6.42 Å². The number of carbonyl (C=O) groups excluding carboxylic acids is 3. The lowest BCUT2D eigenvalue weighted by molar-refractivity contribution is -0.148. The van der Waals surface area contributed by atoms with Crippen molar-refractivity contribution in [1.82, 2.24) is 10.2 Å². The van der Waals surface area contributed by atoms with E-state index >= 15 is 0 Å². The second kappa shape index (κ2) is 4.08. The van der Waals surface area contributed by atoms with Crippen LogP contribution in [0.2, 0.25) is 0 Å². The normalized spacial score (nSPS) is 21.9. The van der Waals surface area contributed by atoms with Gasteiger partial charge in [-0.15, -0.1) is 0 Å². The highest BCUT2D eigenvalue weighted by molar-refractivity contribution is 5.96. The van der Waals surface area contributed by atoms with E-state index in [0.717, 1.165) is 0 Å². The molecular formula is C8H12N2O4. The number of likely N-dealkylation sites (N-methyl/N-ethyl adjacent to an activating group) is 1. The van der Waals surface area contributed by atoms with E-state index in [9.17, 15) is 14.4 Å². The van der Waals surface area contributed by atoms with E-state index in [-0.39, 0.29) is 24.8 Å². The zero-order chi connectivity index (χ0) is 10.7. The van der Waals surface area contributed by atoms with Gasteiger partial charge in [0.15, 0.2) is 0 Å². The van der Waals surface area contributed by atoms with Gasteiger partial charge in [0.1, 0.15) is 6.04 Å². The number of amides is 2. The largest absolute Gasteiger partial charge is 0.469 e. The lowest BCUT2D eigenvalue weighted by atomic mass is 10.1. The molecule has 1 atom stereocenters. The number of hydrogen-bond donors (Lipinski definition) is 1. The van der Waals surface area contributed by atoms with E-state index in [0.29, 0.717) is 0 Å². The van der Waals surface area contributed by atoms with Crippen LogP contribution < -0.4 is 5.32 Å². The van der Waals surface area contributed by atoms with Crippen molar-refractivity contribution in [2.75, 3.05) is 20.7 Å². The van der Waals surface area contributed by atoms with Gasteiger partial charge in [-0.1, -0.05) is 0 Å². The highest BCUT2D eigenvalue weighted by atomic mass is 16.5. The minimum atomic E-state index is -0.784. The molecule has 0 unspecified atom stereocenters. The molecule has 1 saturated heterocycles. The smallest absolute Gasteiger partial charge is 0.308 e. The maximum atomic E-state index is 11.4. The molecule has 0 saturated carbocycles. The van der Waals surface area contributed by atoms with Crippen LogP contribution in [0.3, 0.4) is 0 Å². The standard InChI is InChI=1S/C8H12N2O4/c1-10-4-6(11)9-5(8(10)13)3-7(12)14-2/h5H,3-4H2,1-2H3,(H,9,11)/t5-/m1/s1. The summed E-state index contributed by atoms with van der Waals surface area (Å²) in [6, 6.07) is -0.784. The number of rotatable bonds is 2. The van der Waals surface area contributed by atoms with E-state index in [1.165, 1.54) is 19.1 Å². The molecule has 1 fully saturated rings. The molecule has 14 heavy (non-hydrogen) atoms. The molecule has 78 valence electrons. The third-order valence-electron chi connectivity index (χ3n) is 1.99. The van der Waals surface area contributed by atoms with Crippen molar-refractivity contribution < 1.29 is 19.1 Å². The predicted molar refractivity (Wildman–Crippen MR) is 46.2 cm³/mol. The predicted octanol–water partition coefficient (Wildman–Crippen LogP) is -1.49. The van der Waals surface area contributed by atoms with Gasteiger partial charge in [-0.2, -0.15) is 0 Å². The summed E-state index contributed by atoms with van der Waals surface area (Å²) in [5.74, 6) is -1.05. The van der Waals surface area contributed by atoms with Gasteiger partial charge in [0.25, 0.3) is 0 Å². The molecule has 0 radical (unpaired) electrons. The number of hydrogen-bond acceptors (Lipinski definition) is 4. The van der Waals surface area contributed by atoms with E-state index in [4.69, 9.17) is 0 Å². The maximum Gasteiger partial charge on any atom is 0.308 e. The lowest BCUT2D eigenvalue weighted by Crippen LogP contribution is -2.57. The van der Waals surface area contributed by atoms with Crippen molar-refractivity contribution in [1.29, 1.82) is 0 Å². The van der Waals surface area contributed by atoms with Crippen molar-refractivity contribution in [2.45, 2.75) is 12.5 Å². The Morgan fingerprint density at radius 3 is 2.86 bits per heavy atom. The van der Waals surface area contributed by atoms with Crippen LogP contribution in [-0.4, -0.2) is 49.4 Å². The molecule has 0 aromatic carbocycles. The number of nitrogens with zero attached hydrogens (tertiary/aromatic N) is 1. The molecule has 0 aromatic rings. The number of piperazine rings is 1. The Labute approximate surface area is 81.2 Å². The molecule has 0 aliphatic carbocycles. The van der Waals surface area contributed by atoms with Crippen LogP contribution in [0.4, 0.5) is 0 Å². The Balaban J connectivity index is 2.62. The van der Waals surface area contributed by atoms with Crippen LogP contribution in [0.25, 0.3) is 0 Å². The minimum Gasteiger partial charge on any atom is -0.469 e. The number of ether oxygens (including phenoxy) is 1. The van der Waals surface area contributed by atoms with Crippen LogP contribution in [0, 0.1) is 0 Å². The summed E-state index contributed by atoms with van der Waals surface area (Å²) in [5, 5.41) is 2.43. The Kier molecular flexibility index (Phi) is 3.06. The summed E-state index contributed by atoms with van der Waals surface area (Å²) >= 11 is 0. The first-order valence-electron chi connectivity index (χ1n) is 4.15. The van der Waals surface area contributed by atoms with E-state index in [1.54, 1.807) is 0 Å². The minimum absolute atomic E-state index is 0.0382. The zero-order valence-corrected chi connectivity index (χ0v) is 8.07. The summed E-state index contributed by atoms with van der Waals surface area (Å²) in [5.41, 5.74) is 0. The molecule has 6 nitrogen and oxygen atoms in total. The fourth-order valence-electron chi connectivity index (χ4n) is 1.25. The van der Waals surface area contributed by atoms with Crippen LogP contribution in [0.5, 0.6) is 0 Å². The number of esters is 1. The second-order valence-corrected chi connectivity index (χ2v) is 3.09. The summed E-state index contributed by atoms with van der Waals surface area (Å²) in [7, 11) is 2.76. The molecule has 2 amide bonds. The Hall–Kier alpha value is -1.59. The van der Waals surface area contributed by atoms with Gasteiger partial charge in [0.2, 0.25) is 11.8 Å². The van der Waals surface area contributed by atoms with Crippen LogP contribution in [0.15, 0.2) is 0 Å². The average molecular weight is 200 g/mol. The van der Waals surface area contributed by atoms with Crippen molar-refractivity contribution in [2.24, 2.45) is 0 Å². The molecule has 0 bridgehead atoms. The highest BCUT2D eigenvalue weighted by Crippen LogP contribution is 2.04. The van der Waals surface area contributed by atoms with Crippen LogP contribution in [-0.2, 0) is 19.1 Å². The maximum absolute atomic E-state index is 11.4. The van der Waals surface area contributed by atoms with E-state index < -0.39 is 12.0 Å². The van der Waals surface area contributed by atoms with Gasteiger partial charge in [-0.3, -0.25) is 14.4 Å². The van der Waals surface area contributed by atoms with Crippen molar-refractivity contribution in [3.8, 4) is 0 Å². The summed E-state index contributed by atoms with van der Waals surface area (Å²) < 4.78 is 4.41. The first-order chi connectivity index (χ1) is 6.54. The average Bonchev–Trinajstić information content (AvgIpc) is 2.13. The second-order valence-electron chi connectivity index (χ2n) is 3.09. The fourth-order valence-corrected chi connectivity index (χ4v) is 1.25. The lowest BCUT2D eigenvalue weighted by Gasteiger charge is -2.28.